The summed E-state index contributed by atoms with van der Waals surface area (Å²) in [5.41, 5.74) is 0.322. The number of aromatic nitrogens is 1. The topological polar surface area (TPSA) is 88.4 Å². The fraction of sp³-hybridized carbons (Fsp3) is 0.350. The van der Waals surface area contributed by atoms with E-state index in [-0.39, 0.29) is 54.1 Å². The van der Waals surface area contributed by atoms with Crippen LogP contribution in [0.1, 0.15) is 39.1 Å². The molecule has 6 nitrogen and oxygen atoms in total. The van der Waals surface area contributed by atoms with Gasteiger partial charge in [-0.1, -0.05) is 12.1 Å². The first-order chi connectivity index (χ1) is 12.9. The van der Waals surface area contributed by atoms with E-state index < -0.39 is 11.5 Å². The molecule has 142 valence electrons. The van der Waals surface area contributed by atoms with Crippen molar-refractivity contribution in [2.75, 3.05) is 13.7 Å². The van der Waals surface area contributed by atoms with E-state index in [4.69, 9.17) is 5.11 Å². The summed E-state index contributed by atoms with van der Waals surface area (Å²) in [6, 6.07) is 6.99. The minimum Gasteiger partial charge on any atom is -0.396 e. The first-order valence-corrected chi connectivity index (χ1v) is 8.78. The Hall–Kier alpha value is -2.80. The molecule has 1 aromatic carbocycles. The van der Waals surface area contributed by atoms with Gasteiger partial charge in [0.1, 0.15) is 11.4 Å². The molecule has 1 fully saturated rings. The van der Waals surface area contributed by atoms with Crippen molar-refractivity contribution in [1.82, 2.24) is 9.88 Å². The zero-order valence-electron chi connectivity index (χ0n) is 14.9. The average molecular weight is 372 g/mol. The van der Waals surface area contributed by atoms with Crippen molar-refractivity contribution >= 4 is 11.7 Å². The summed E-state index contributed by atoms with van der Waals surface area (Å²) in [6.45, 7) is 0.179. The number of rotatable bonds is 7. The number of ketones is 1. The van der Waals surface area contributed by atoms with Gasteiger partial charge < -0.3 is 15.0 Å². The maximum absolute atomic E-state index is 13.1. The summed E-state index contributed by atoms with van der Waals surface area (Å²) in [5, 5.41) is 11.5. The molecule has 0 bridgehead atoms. The number of pyridine rings is 1. The molecule has 2 aromatic rings. The second kappa shape index (κ2) is 7.84. The first kappa shape index (κ1) is 19.0. The number of halogens is 1. The smallest absolute Gasteiger partial charge is 0.263 e. The lowest BCUT2D eigenvalue weighted by atomic mass is 10.0. The van der Waals surface area contributed by atoms with Gasteiger partial charge in [-0.2, -0.15) is 0 Å². The number of carbonyl (C=O) groups is 2. The number of aliphatic hydroxyl groups excluding tert-OH is 1. The van der Waals surface area contributed by atoms with E-state index in [9.17, 15) is 18.8 Å². The molecule has 1 aliphatic rings. The number of amides is 1. The zero-order chi connectivity index (χ0) is 19.6. The maximum atomic E-state index is 13.1. The second-order valence-corrected chi connectivity index (χ2v) is 6.85. The van der Waals surface area contributed by atoms with E-state index in [0.29, 0.717) is 5.56 Å². The molecule has 0 aliphatic heterocycles. The average Bonchev–Trinajstić information content (AvgIpc) is 3.42. The Morgan fingerprint density at radius 2 is 1.96 bits per heavy atom. The monoisotopic (exact) mass is 372 g/mol. The zero-order valence-corrected chi connectivity index (χ0v) is 14.9. The largest absolute Gasteiger partial charge is 0.396 e. The highest BCUT2D eigenvalue weighted by molar-refractivity contribution is 6.00. The second-order valence-electron chi connectivity index (χ2n) is 6.85. The van der Waals surface area contributed by atoms with Crippen LogP contribution < -0.4 is 10.9 Å². The third-order valence-corrected chi connectivity index (χ3v) is 4.90. The van der Waals surface area contributed by atoms with Crippen LogP contribution in [0.15, 0.2) is 41.3 Å². The Kier molecular flexibility index (Phi) is 5.51. The molecule has 2 atom stereocenters. The maximum Gasteiger partial charge on any atom is 0.263 e. The lowest BCUT2D eigenvalue weighted by Crippen LogP contribution is -2.32. The molecule has 0 saturated heterocycles. The summed E-state index contributed by atoms with van der Waals surface area (Å²) in [7, 11) is 1.41. The highest BCUT2D eigenvalue weighted by Gasteiger charge is 2.37. The van der Waals surface area contributed by atoms with Crippen LogP contribution in [0.5, 0.6) is 0 Å². The Morgan fingerprint density at radius 1 is 1.26 bits per heavy atom. The van der Waals surface area contributed by atoms with Crippen molar-refractivity contribution in [3.63, 3.8) is 0 Å². The summed E-state index contributed by atoms with van der Waals surface area (Å²) in [4.78, 5) is 37.3. The highest BCUT2D eigenvalue weighted by Crippen LogP contribution is 2.41. The Bertz CT molecular complexity index is 921. The van der Waals surface area contributed by atoms with Crippen molar-refractivity contribution in [2.45, 2.75) is 19.4 Å². The van der Waals surface area contributed by atoms with Gasteiger partial charge in [-0.25, -0.2) is 4.39 Å². The Labute approximate surface area is 155 Å². The summed E-state index contributed by atoms with van der Waals surface area (Å²) >= 11 is 0. The molecular formula is C20H21FN2O4. The van der Waals surface area contributed by atoms with Gasteiger partial charge in [0, 0.05) is 31.8 Å². The Morgan fingerprint density at radius 3 is 2.56 bits per heavy atom. The van der Waals surface area contributed by atoms with Gasteiger partial charge in [0.15, 0.2) is 5.78 Å². The molecule has 1 saturated carbocycles. The minimum absolute atomic E-state index is 0.0610. The standard InChI is InChI=1S/C20H21FN2O4/c1-22-19(26)17-7-14(18(25)8-13-6-15(13)11-24)10-23(20(17)27)9-12-2-4-16(21)5-3-12/h2-5,7,10,13,15,24H,6,8-9,11H2,1H3,(H,22,26)/t13-,15-/m0/s1. The number of aliphatic hydroxyl groups is 1. The molecule has 1 aromatic heterocycles. The van der Waals surface area contributed by atoms with Gasteiger partial charge in [0.25, 0.3) is 11.5 Å². The predicted molar refractivity (Wildman–Crippen MR) is 97.2 cm³/mol. The van der Waals surface area contributed by atoms with E-state index >= 15 is 0 Å². The molecular weight excluding hydrogens is 351 g/mol. The van der Waals surface area contributed by atoms with Crippen LogP contribution in [-0.4, -0.2) is 35.0 Å². The van der Waals surface area contributed by atoms with Crippen molar-refractivity contribution in [3.8, 4) is 0 Å². The molecule has 2 N–H and O–H groups in total. The van der Waals surface area contributed by atoms with Gasteiger partial charge in [-0.05, 0) is 42.0 Å². The van der Waals surface area contributed by atoms with E-state index in [1.165, 1.54) is 36.0 Å². The van der Waals surface area contributed by atoms with Crippen LogP contribution in [0, 0.1) is 17.7 Å². The van der Waals surface area contributed by atoms with Crippen LogP contribution in [0.4, 0.5) is 4.39 Å². The number of nitrogens with zero attached hydrogens (tertiary/aromatic N) is 1. The predicted octanol–water partition coefficient (Wildman–Crippen LogP) is 1.60. The number of hydrogen-bond donors (Lipinski definition) is 2. The Balaban J connectivity index is 1.93. The van der Waals surface area contributed by atoms with Crippen molar-refractivity contribution in [3.05, 3.63) is 69.4 Å². The molecule has 7 heteroatoms. The van der Waals surface area contributed by atoms with Crippen molar-refractivity contribution in [2.24, 2.45) is 11.8 Å². The fourth-order valence-corrected chi connectivity index (χ4v) is 3.13. The third-order valence-electron chi connectivity index (χ3n) is 4.90. The highest BCUT2D eigenvalue weighted by atomic mass is 19.1. The van der Waals surface area contributed by atoms with Crippen LogP contribution in [0.3, 0.4) is 0 Å². The number of nitrogens with one attached hydrogen (secondary N) is 1. The third kappa shape index (κ3) is 4.31. The van der Waals surface area contributed by atoms with E-state index in [1.807, 2.05) is 0 Å². The van der Waals surface area contributed by atoms with Gasteiger partial charge >= 0.3 is 0 Å². The summed E-state index contributed by atoms with van der Waals surface area (Å²) < 4.78 is 14.4. The summed E-state index contributed by atoms with van der Waals surface area (Å²) in [6.07, 6.45) is 2.52. The van der Waals surface area contributed by atoms with Gasteiger partial charge in [0.05, 0.1) is 6.54 Å². The number of benzene rings is 1. The molecule has 3 rings (SSSR count). The van der Waals surface area contributed by atoms with Gasteiger partial charge in [0.2, 0.25) is 0 Å². The van der Waals surface area contributed by atoms with Gasteiger partial charge in [-0.3, -0.25) is 14.4 Å². The van der Waals surface area contributed by atoms with Crippen LogP contribution in [0.25, 0.3) is 0 Å². The van der Waals surface area contributed by atoms with E-state index in [2.05, 4.69) is 5.32 Å². The van der Waals surface area contributed by atoms with Crippen LogP contribution in [0.2, 0.25) is 0 Å². The van der Waals surface area contributed by atoms with Crippen LogP contribution >= 0.6 is 0 Å². The van der Waals surface area contributed by atoms with Crippen molar-refractivity contribution < 1.29 is 19.1 Å². The number of Topliss-reactive ketones (excluding diaryl/α,β-unsaturated/α-hetero) is 1. The number of carbonyl (C=O) groups excluding carboxylic acids is 2. The van der Waals surface area contributed by atoms with Gasteiger partial charge in [-0.15, -0.1) is 0 Å². The molecule has 0 unspecified atom stereocenters. The van der Waals surface area contributed by atoms with E-state index in [0.717, 1.165) is 6.42 Å². The summed E-state index contributed by atoms with van der Waals surface area (Å²) in [5.74, 6) is -0.832. The fourth-order valence-electron chi connectivity index (χ4n) is 3.13. The number of hydrogen-bond acceptors (Lipinski definition) is 4. The normalized spacial score (nSPS) is 18.2. The quantitative estimate of drug-likeness (QED) is 0.723. The minimum atomic E-state index is -0.567. The molecule has 27 heavy (non-hydrogen) atoms. The molecule has 1 amide bonds. The van der Waals surface area contributed by atoms with E-state index in [1.54, 1.807) is 12.1 Å². The lowest BCUT2D eigenvalue weighted by Gasteiger charge is -2.11. The lowest BCUT2D eigenvalue weighted by molar-refractivity contribution is 0.0961. The molecule has 0 spiro atoms. The molecule has 0 radical (unpaired) electrons. The van der Waals surface area contributed by atoms with Crippen LogP contribution in [-0.2, 0) is 6.54 Å². The van der Waals surface area contributed by atoms with Crippen molar-refractivity contribution in [1.29, 1.82) is 0 Å². The SMILES string of the molecule is CNC(=O)c1cc(C(=O)C[C@@H]2C[C@H]2CO)cn(Cc2ccc(F)cc2)c1=O. The molecule has 1 heterocycles. The molecule has 1 aliphatic carbocycles. The first-order valence-electron chi connectivity index (χ1n) is 8.78.